The Morgan fingerprint density at radius 2 is 1.65 bits per heavy atom. The second-order valence-corrected chi connectivity index (χ2v) is 5.30. The third-order valence-electron chi connectivity index (χ3n) is 3.50. The quantitative estimate of drug-likeness (QED) is 0.267. The molecule has 116 valence electrons. The molecule has 1 rings (SSSR count). The number of rotatable bonds is 10. The van der Waals surface area contributed by atoms with Gasteiger partial charge in [-0.2, -0.15) is 0 Å². The molecule has 4 nitrogen and oxygen atoms in total. The van der Waals surface area contributed by atoms with Crippen LogP contribution in [0.15, 0.2) is 12.2 Å². The van der Waals surface area contributed by atoms with Gasteiger partial charge in [-0.25, -0.2) is 0 Å². The Labute approximate surface area is 121 Å². The summed E-state index contributed by atoms with van der Waals surface area (Å²) >= 11 is 0. The molecule has 0 aromatic heterocycles. The molecule has 0 aromatic rings. The van der Waals surface area contributed by atoms with Gasteiger partial charge in [0, 0.05) is 0 Å². The third kappa shape index (κ3) is 8.10. The van der Waals surface area contributed by atoms with Crippen molar-refractivity contribution in [3.05, 3.63) is 12.2 Å². The topological polar surface area (TPSA) is 74.9 Å². The van der Waals surface area contributed by atoms with E-state index in [0.29, 0.717) is 0 Å². The maximum atomic E-state index is 11.2. The molecule has 0 radical (unpaired) electrons. The van der Waals surface area contributed by atoms with E-state index in [1.165, 1.54) is 51.4 Å². The van der Waals surface area contributed by atoms with Crippen molar-refractivity contribution in [2.45, 2.75) is 71.1 Å². The first-order valence-electron chi connectivity index (χ1n) is 7.65. The highest BCUT2D eigenvalue weighted by Crippen LogP contribution is 2.17. The highest BCUT2D eigenvalue weighted by atomic mass is 16.6. The molecule has 1 atom stereocenters. The van der Waals surface area contributed by atoms with Crippen LogP contribution in [0.5, 0.6) is 0 Å². The fraction of sp³-hybridized carbons (Fsp3) is 0.750. The van der Waals surface area contributed by atoms with E-state index in [4.69, 9.17) is 0 Å². The van der Waals surface area contributed by atoms with E-state index in [1.54, 1.807) is 0 Å². The van der Waals surface area contributed by atoms with Gasteiger partial charge in [-0.3, -0.25) is 9.59 Å². The summed E-state index contributed by atoms with van der Waals surface area (Å²) in [6.07, 6.45) is 15.5. The predicted molar refractivity (Wildman–Crippen MR) is 79.2 cm³/mol. The predicted octanol–water partition coefficient (Wildman–Crippen LogP) is 3.34. The fourth-order valence-corrected chi connectivity index (χ4v) is 2.30. The SMILES string of the molecule is CCCCCCCCCCC=CC1CC(=O)OC1=O.O. The van der Waals surface area contributed by atoms with Crippen molar-refractivity contribution in [1.82, 2.24) is 0 Å². The minimum Gasteiger partial charge on any atom is -0.412 e. The van der Waals surface area contributed by atoms with Gasteiger partial charge in [0.1, 0.15) is 0 Å². The van der Waals surface area contributed by atoms with Gasteiger partial charge in [0.15, 0.2) is 0 Å². The Hall–Kier alpha value is -1.16. The summed E-state index contributed by atoms with van der Waals surface area (Å²) in [5, 5.41) is 0. The van der Waals surface area contributed by atoms with E-state index < -0.39 is 11.9 Å². The normalized spacial score (nSPS) is 18.4. The Bertz CT molecular complexity index is 310. The van der Waals surface area contributed by atoms with Crippen LogP contribution in [0.4, 0.5) is 0 Å². The maximum Gasteiger partial charge on any atom is 0.321 e. The average Bonchev–Trinajstić information content (AvgIpc) is 2.70. The number of cyclic esters (lactones) is 2. The Morgan fingerprint density at radius 3 is 2.20 bits per heavy atom. The van der Waals surface area contributed by atoms with Gasteiger partial charge < -0.3 is 10.2 Å². The molecular weight excluding hydrogens is 256 g/mol. The molecule has 0 aromatic carbocycles. The van der Waals surface area contributed by atoms with Crippen LogP contribution in [0.1, 0.15) is 71.1 Å². The van der Waals surface area contributed by atoms with Crippen molar-refractivity contribution < 1.29 is 19.8 Å². The maximum absolute atomic E-state index is 11.2. The van der Waals surface area contributed by atoms with Gasteiger partial charge in [0.05, 0.1) is 12.3 Å². The van der Waals surface area contributed by atoms with Crippen LogP contribution in [0.3, 0.4) is 0 Å². The lowest BCUT2D eigenvalue weighted by Crippen LogP contribution is -2.03. The zero-order valence-corrected chi connectivity index (χ0v) is 12.5. The van der Waals surface area contributed by atoms with Crippen molar-refractivity contribution in [2.75, 3.05) is 0 Å². The van der Waals surface area contributed by atoms with Crippen molar-refractivity contribution in [2.24, 2.45) is 5.92 Å². The van der Waals surface area contributed by atoms with Crippen LogP contribution in [0.25, 0.3) is 0 Å². The summed E-state index contributed by atoms with van der Waals surface area (Å²) in [4.78, 5) is 22.1. The first-order valence-corrected chi connectivity index (χ1v) is 7.65. The zero-order chi connectivity index (χ0) is 13.9. The first-order chi connectivity index (χ1) is 9.24. The van der Waals surface area contributed by atoms with Crippen LogP contribution < -0.4 is 0 Å². The summed E-state index contributed by atoms with van der Waals surface area (Å²) < 4.78 is 4.49. The summed E-state index contributed by atoms with van der Waals surface area (Å²) in [5.74, 6) is -1.12. The van der Waals surface area contributed by atoms with E-state index >= 15 is 0 Å². The summed E-state index contributed by atoms with van der Waals surface area (Å²) in [7, 11) is 0. The number of carbonyl (C=O) groups is 2. The van der Waals surface area contributed by atoms with Crippen LogP contribution in [-0.4, -0.2) is 17.4 Å². The molecule has 4 heteroatoms. The van der Waals surface area contributed by atoms with E-state index in [0.717, 1.165) is 6.42 Å². The molecule has 2 N–H and O–H groups in total. The van der Waals surface area contributed by atoms with Crippen LogP contribution >= 0.6 is 0 Å². The third-order valence-corrected chi connectivity index (χ3v) is 3.50. The zero-order valence-electron chi connectivity index (χ0n) is 12.5. The van der Waals surface area contributed by atoms with Crippen molar-refractivity contribution in [3.63, 3.8) is 0 Å². The number of hydrogen-bond donors (Lipinski definition) is 0. The fourth-order valence-electron chi connectivity index (χ4n) is 2.30. The molecule has 0 aliphatic carbocycles. The Balaban J connectivity index is 0.00000361. The molecule has 1 aliphatic heterocycles. The van der Waals surface area contributed by atoms with Crippen molar-refractivity contribution in [3.8, 4) is 0 Å². The average molecular weight is 284 g/mol. The van der Waals surface area contributed by atoms with E-state index in [9.17, 15) is 9.59 Å². The lowest BCUT2D eigenvalue weighted by molar-refractivity contribution is -0.152. The van der Waals surface area contributed by atoms with Gasteiger partial charge >= 0.3 is 11.9 Å². The minimum absolute atomic E-state index is 0. The molecule has 1 heterocycles. The summed E-state index contributed by atoms with van der Waals surface area (Å²) in [5.41, 5.74) is 0. The minimum atomic E-state index is -0.397. The highest BCUT2D eigenvalue weighted by molar-refractivity contribution is 5.95. The van der Waals surface area contributed by atoms with E-state index in [1.807, 2.05) is 12.2 Å². The lowest BCUT2D eigenvalue weighted by atomic mass is 10.0. The summed E-state index contributed by atoms with van der Waals surface area (Å²) in [6, 6.07) is 0. The van der Waals surface area contributed by atoms with Gasteiger partial charge in [0.2, 0.25) is 0 Å². The summed E-state index contributed by atoms with van der Waals surface area (Å²) in [6.45, 7) is 2.24. The van der Waals surface area contributed by atoms with Crippen molar-refractivity contribution >= 4 is 11.9 Å². The number of carbonyl (C=O) groups excluding carboxylic acids is 2. The number of ether oxygens (including phenoxy) is 1. The van der Waals surface area contributed by atoms with E-state index in [2.05, 4.69) is 11.7 Å². The van der Waals surface area contributed by atoms with Gasteiger partial charge in [-0.05, 0) is 12.8 Å². The molecule has 0 saturated carbocycles. The molecule has 1 unspecified atom stereocenters. The number of esters is 2. The molecule has 1 fully saturated rings. The number of allylic oxidation sites excluding steroid dienone is 1. The Kier molecular flexibility index (Phi) is 11.0. The van der Waals surface area contributed by atoms with Crippen molar-refractivity contribution in [1.29, 1.82) is 0 Å². The number of unbranched alkanes of at least 4 members (excludes halogenated alkanes) is 8. The first kappa shape index (κ1) is 18.8. The smallest absolute Gasteiger partial charge is 0.321 e. The standard InChI is InChI=1S/C16H26O3.H2O/c1-2-3-4-5-6-7-8-9-10-11-12-14-13-15(17)19-16(14)18;/h11-12,14H,2-10,13H2,1H3;1H2. The second-order valence-electron chi connectivity index (χ2n) is 5.30. The Morgan fingerprint density at radius 1 is 1.05 bits per heavy atom. The molecule has 1 saturated heterocycles. The number of hydrogen-bond acceptors (Lipinski definition) is 3. The lowest BCUT2D eigenvalue weighted by Gasteiger charge is -2.00. The van der Waals surface area contributed by atoms with Gasteiger partial charge in [-0.15, -0.1) is 0 Å². The van der Waals surface area contributed by atoms with Crippen LogP contribution in [0, 0.1) is 5.92 Å². The largest absolute Gasteiger partial charge is 0.412 e. The van der Waals surface area contributed by atoms with Crippen LogP contribution in [0.2, 0.25) is 0 Å². The molecule has 0 bridgehead atoms. The molecule has 1 aliphatic rings. The molecular formula is C16H28O4. The monoisotopic (exact) mass is 284 g/mol. The molecule has 0 amide bonds. The van der Waals surface area contributed by atoms with Gasteiger partial charge in [-0.1, -0.05) is 64.0 Å². The highest BCUT2D eigenvalue weighted by Gasteiger charge is 2.30. The van der Waals surface area contributed by atoms with Gasteiger partial charge in [0.25, 0.3) is 0 Å². The van der Waals surface area contributed by atoms with Crippen LogP contribution in [-0.2, 0) is 14.3 Å². The van der Waals surface area contributed by atoms with E-state index in [-0.39, 0.29) is 17.8 Å². The molecule has 20 heavy (non-hydrogen) atoms. The molecule has 0 spiro atoms. The second kappa shape index (κ2) is 11.6.